The van der Waals surface area contributed by atoms with Gasteiger partial charge in [0.05, 0.1) is 4.92 Å². The van der Waals surface area contributed by atoms with E-state index in [1.54, 1.807) is 13.1 Å². The van der Waals surface area contributed by atoms with Crippen LogP contribution in [0.25, 0.3) is 0 Å². The minimum absolute atomic E-state index is 0.000320. The van der Waals surface area contributed by atoms with Gasteiger partial charge in [0.25, 0.3) is 11.6 Å². The average molecular weight is 279 g/mol. The number of amides is 1. The van der Waals surface area contributed by atoms with Crippen molar-refractivity contribution in [1.29, 1.82) is 0 Å². The first kappa shape index (κ1) is 15.9. The number of nitrogens with one attached hydrogen (secondary N) is 2. The molecule has 0 aromatic heterocycles. The number of benzene rings is 1. The molecule has 1 aromatic carbocycles. The highest BCUT2D eigenvalue weighted by Crippen LogP contribution is 2.23. The number of anilines is 1. The second kappa shape index (κ2) is 6.88. The lowest BCUT2D eigenvalue weighted by molar-refractivity contribution is -0.385. The van der Waals surface area contributed by atoms with Gasteiger partial charge in [-0.25, -0.2) is 0 Å². The van der Waals surface area contributed by atoms with Gasteiger partial charge >= 0.3 is 0 Å². The third kappa shape index (κ3) is 3.69. The van der Waals surface area contributed by atoms with Crippen molar-refractivity contribution in [2.45, 2.75) is 33.2 Å². The number of nitro groups is 1. The van der Waals surface area contributed by atoms with E-state index in [0.29, 0.717) is 5.69 Å². The predicted octanol–water partition coefficient (Wildman–Crippen LogP) is 2.80. The Morgan fingerprint density at radius 1 is 1.40 bits per heavy atom. The smallest absolute Gasteiger partial charge is 0.282 e. The van der Waals surface area contributed by atoms with Gasteiger partial charge in [0.2, 0.25) is 0 Å². The highest BCUT2D eigenvalue weighted by molar-refractivity contribution is 5.99. The number of nitrogens with zero attached hydrogens (tertiary/aromatic N) is 1. The predicted molar refractivity (Wildman–Crippen MR) is 79.0 cm³/mol. The molecule has 0 saturated carbocycles. The van der Waals surface area contributed by atoms with Gasteiger partial charge in [0.1, 0.15) is 5.56 Å². The fourth-order valence-electron chi connectivity index (χ4n) is 2.02. The number of nitro benzene ring substituents is 1. The molecule has 6 nitrogen and oxygen atoms in total. The van der Waals surface area contributed by atoms with E-state index in [4.69, 9.17) is 0 Å². The highest BCUT2D eigenvalue weighted by Gasteiger charge is 2.23. The van der Waals surface area contributed by atoms with Gasteiger partial charge in [0.15, 0.2) is 0 Å². The van der Waals surface area contributed by atoms with Gasteiger partial charge in [-0.15, -0.1) is 0 Å². The number of rotatable bonds is 6. The van der Waals surface area contributed by atoms with Gasteiger partial charge in [-0.05, 0) is 24.5 Å². The summed E-state index contributed by atoms with van der Waals surface area (Å²) in [6, 6.07) is 4.42. The molecule has 0 spiro atoms. The Morgan fingerprint density at radius 3 is 2.50 bits per heavy atom. The number of carbonyl (C=O) groups is 1. The van der Waals surface area contributed by atoms with Gasteiger partial charge in [-0.1, -0.05) is 20.8 Å². The topological polar surface area (TPSA) is 84.3 Å². The Hall–Kier alpha value is -2.11. The lowest BCUT2D eigenvalue weighted by Gasteiger charge is -2.20. The monoisotopic (exact) mass is 279 g/mol. The van der Waals surface area contributed by atoms with Crippen molar-refractivity contribution in [2.24, 2.45) is 5.92 Å². The molecule has 20 heavy (non-hydrogen) atoms. The molecule has 0 saturated heterocycles. The van der Waals surface area contributed by atoms with Gasteiger partial charge < -0.3 is 10.6 Å². The van der Waals surface area contributed by atoms with E-state index in [2.05, 4.69) is 10.6 Å². The summed E-state index contributed by atoms with van der Waals surface area (Å²) in [5, 5.41) is 16.8. The molecule has 1 atom stereocenters. The maximum absolute atomic E-state index is 12.3. The molecular weight excluding hydrogens is 258 g/mol. The van der Waals surface area contributed by atoms with Crippen LogP contribution in [-0.2, 0) is 0 Å². The van der Waals surface area contributed by atoms with Gasteiger partial charge in [-0.2, -0.15) is 0 Å². The molecule has 0 radical (unpaired) electrons. The van der Waals surface area contributed by atoms with Crippen LogP contribution in [0.3, 0.4) is 0 Å². The first-order chi connectivity index (χ1) is 9.40. The molecular formula is C14H21N3O3. The molecule has 0 aliphatic rings. The van der Waals surface area contributed by atoms with Crippen molar-refractivity contribution in [3.8, 4) is 0 Å². The molecule has 1 rings (SSSR count). The molecule has 0 bridgehead atoms. The quantitative estimate of drug-likeness (QED) is 0.619. The first-order valence-corrected chi connectivity index (χ1v) is 6.67. The molecule has 1 unspecified atom stereocenters. The largest absolute Gasteiger partial charge is 0.388 e. The standard InChI is InChI=1S/C14H21N3O3/c1-5-12(9(2)3)16-14(18)11-8-10(15-4)6-7-13(11)17(19)20/h6-9,12,15H,5H2,1-4H3,(H,16,18). The second-order valence-corrected chi connectivity index (χ2v) is 4.97. The van der Waals surface area contributed by atoms with E-state index >= 15 is 0 Å². The Balaban J connectivity index is 3.09. The molecule has 1 amide bonds. The maximum atomic E-state index is 12.3. The summed E-state index contributed by atoms with van der Waals surface area (Å²) in [5.41, 5.74) is 0.569. The van der Waals surface area contributed by atoms with E-state index in [-0.39, 0.29) is 23.2 Å². The SMILES string of the molecule is CCC(NC(=O)c1cc(NC)ccc1[N+](=O)[O-])C(C)C. The number of hydrogen-bond donors (Lipinski definition) is 2. The van der Waals surface area contributed by atoms with Crippen LogP contribution in [0.1, 0.15) is 37.6 Å². The molecule has 1 aromatic rings. The van der Waals surface area contributed by atoms with Crippen molar-refractivity contribution in [3.05, 3.63) is 33.9 Å². The van der Waals surface area contributed by atoms with Crippen LogP contribution < -0.4 is 10.6 Å². The van der Waals surface area contributed by atoms with Crippen molar-refractivity contribution in [2.75, 3.05) is 12.4 Å². The summed E-state index contributed by atoms with van der Waals surface area (Å²) in [7, 11) is 1.70. The van der Waals surface area contributed by atoms with Crippen LogP contribution >= 0.6 is 0 Å². The normalized spacial score (nSPS) is 12.1. The van der Waals surface area contributed by atoms with Crippen LogP contribution in [-0.4, -0.2) is 23.9 Å². The first-order valence-electron chi connectivity index (χ1n) is 6.67. The Morgan fingerprint density at radius 2 is 2.05 bits per heavy atom. The minimum Gasteiger partial charge on any atom is -0.388 e. The lowest BCUT2D eigenvalue weighted by atomic mass is 10.0. The van der Waals surface area contributed by atoms with Gasteiger partial charge in [-0.3, -0.25) is 14.9 Å². The van der Waals surface area contributed by atoms with E-state index in [1.165, 1.54) is 12.1 Å². The Labute approximate surface area is 118 Å². The molecule has 2 N–H and O–H groups in total. The minimum atomic E-state index is -0.537. The molecule has 0 fully saturated rings. The summed E-state index contributed by atoms with van der Waals surface area (Å²) in [6.07, 6.45) is 0.781. The summed E-state index contributed by atoms with van der Waals surface area (Å²) >= 11 is 0. The average Bonchev–Trinajstić information content (AvgIpc) is 2.43. The van der Waals surface area contributed by atoms with Crippen molar-refractivity contribution in [1.82, 2.24) is 5.32 Å². The third-order valence-electron chi connectivity index (χ3n) is 3.29. The number of carbonyl (C=O) groups excluding carboxylic acids is 1. The highest BCUT2D eigenvalue weighted by atomic mass is 16.6. The summed E-state index contributed by atoms with van der Waals surface area (Å²) in [6.45, 7) is 5.99. The zero-order valence-corrected chi connectivity index (χ0v) is 12.3. The molecule has 0 aliphatic heterocycles. The van der Waals surface area contributed by atoms with E-state index < -0.39 is 10.8 Å². The van der Waals surface area contributed by atoms with Crippen molar-refractivity contribution in [3.63, 3.8) is 0 Å². The summed E-state index contributed by atoms with van der Waals surface area (Å²) in [5.74, 6) is -0.134. The number of hydrogen-bond acceptors (Lipinski definition) is 4. The molecule has 0 heterocycles. The molecule has 0 aliphatic carbocycles. The Kier molecular flexibility index (Phi) is 5.49. The van der Waals surface area contributed by atoms with E-state index in [0.717, 1.165) is 6.42 Å². The van der Waals surface area contributed by atoms with Crippen LogP contribution in [0.5, 0.6) is 0 Å². The molecule has 6 heteroatoms. The fraction of sp³-hybridized carbons (Fsp3) is 0.500. The van der Waals surface area contributed by atoms with Gasteiger partial charge in [0, 0.05) is 24.8 Å². The zero-order valence-electron chi connectivity index (χ0n) is 12.3. The van der Waals surface area contributed by atoms with E-state index in [9.17, 15) is 14.9 Å². The maximum Gasteiger partial charge on any atom is 0.282 e. The zero-order chi connectivity index (χ0) is 15.3. The van der Waals surface area contributed by atoms with Crippen molar-refractivity contribution >= 4 is 17.3 Å². The van der Waals surface area contributed by atoms with E-state index in [1.807, 2.05) is 20.8 Å². The Bertz CT molecular complexity index is 500. The van der Waals surface area contributed by atoms with Crippen LogP contribution in [0.2, 0.25) is 0 Å². The van der Waals surface area contributed by atoms with Crippen LogP contribution in [0.15, 0.2) is 18.2 Å². The lowest BCUT2D eigenvalue weighted by Crippen LogP contribution is -2.38. The summed E-state index contributed by atoms with van der Waals surface area (Å²) in [4.78, 5) is 22.8. The molecule has 110 valence electrons. The second-order valence-electron chi connectivity index (χ2n) is 4.97. The fourth-order valence-corrected chi connectivity index (χ4v) is 2.02. The van der Waals surface area contributed by atoms with Crippen LogP contribution in [0, 0.1) is 16.0 Å². The van der Waals surface area contributed by atoms with Crippen molar-refractivity contribution < 1.29 is 9.72 Å². The summed E-state index contributed by atoms with van der Waals surface area (Å²) < 4.78 is 0. The van der Waals surface area contributed by atoms with Crippen LogP contribution in [0.4, 0.5) is 11.4 Å². The third-order valence-corrected chi connectivity index (χ3v) is 3.29.